The van der Waals surface area contributed by atoms with Gasteiger partial charge in [0.25, 0.3) is 0 Å². The highest BCUT2D eigenvalue weighted by atomic mass is 15.2. The summed E-state index contributed by atoms with van der Waals surface area (Å²) in [4.78, 5) is 2.53. The second kappa shape index (κ2) is 4.43. The van der Waals surface area contributed by atoms with Crippen molar-refractivity contribution >= 4 is 0 Å². The molecule has 70 valence electrons. The molecular weight excluding hydrogens is 158 g/mol. The average molecular weight is 175 g/mol. The summed E-state index contributed by atoms with van der Waals surface area (Å²) in [6.45, 7) is 3.94. The zero-order valence-corrected chi connectivity index (χ0v) is 8.08. The summed E-state index contributed by atoms with van der Waals surface area (Å²) in [7, 11) is 0. The predicted molar refractivity (Wildman–Crippen MR) is 55.8 cm³/mol. The van der Waals surface area contributed by atoms with Crippen LogP contribution in [0.15, 0.2) is 30.3 Å². The van der Waals surface area contributed by atoms with Crippen molar-refractivity contribution in [1.29, 1.82) is 0 Å². The molecule has 0 unspecified atom stereocenters. The third-order valence-corrected chi connectivity index (χ3v) is 2.73. The van der Waals surface area contributed by atoms with E-state index in [0.717, 1.165) is 0 Å². The largest absolute Gasteiger partial charge is 0.303 e. The summed E-state index contributed by atoms with van der Waals surface area (Å²) in [6.07, 6.45) is 3.95. The Labute approximate surface area is 80.4 Å². The van der Waals surface area contributed by atoms with E-state index in [9.17, 15) is 0 Å². The van der Waals surface area contributed by atoms with Gasteiger partial charge in [-0.2, -0.15) is 0 Å². The van der Waals surface area contributed by atoms with Crippen LogP contribution in [-0.2, 0) is 6.42 Å². The number of aryl methyl sites for hydroxylation is 1. The van der Waals surface area contributed by atoms with Crippen molar-refractivity contribution in [3.8, 4) is 0 Å². The Bertz CT molecular complexity index is 239. The summed E-state index contributed by atoms with van der Waals surface area (Å²) in [5.41, 5.74) is 1.48. The van der Waals surface area contributed by atoms with Crippen molar-refractivity contribution in [1.82, 2.24) is 4.90 Å². The van der Waals surface area contributed by atoms with Crippen LogP contribution in [-0.4, -0.2) is 24.5 Å². The Morgan fingerprint density at radius 1 is 1.08 bits per heavy atom. The molecule has 1 heterocycles. The first-order valence-electron chi connectivity index (χ1n) is 5.21. The van der Waals surface area contributed by atoms with Crippen LogP contribution in [0.4, 0.5) is 0 Å². The first-order valence-corrected chi connectivity index (χ1v) is 5.21. The lowest BCUT2D eigenvalue weighted by Crippen LogP contribution is -2.37. The lowest BCUT2D eigenvalue weighted by atomic mass is 10.1. The van der Waals surface area contributed by atoms with Crippen LogP contribution in [0, 0.1) is 0 Å². The van der Waals surface area contributed by atoms with E-state index in [1.54, 1.807) is 0 Å². The number of likely N-dealkylation sites (tertiary alicyclic amines) is 1. The van der Waals surface area contributed by atoms with E-state index < -0.39 is 0 Å². The molecule has 0 aromatic heterocycles. The number of hydrogen-bond acceptors (Lipinski definition) is 1. The van der Waals surface area contributed by atoms with Gasteiger partial charge in [0, 0.05) is 0 Å². The molecule has 1 nitrogen and oxygen atoms in total. The molecule has 0 spiro atoms. The first-order chi connectivity index (χ1) is 6.45. The zero-order chi connectivity index (χ0) is 8.93. The molecule has 1 aliphatic rings. The minimum atomic E-state index is 1.23. The molecular formula is C12H17N. The van der Waals surface area contributed by atoms with Gasteiger partial charge in [-0.15, -0.1) is 0 Å². The molecule has 1 aromatic carbocycles. The summed E-state index contributed by atoms with van der Waals surface area (Å²) in [6, 6.07) is 10.8. The maximum atomic E-state index is 2.53. The highest BCUT2D eigenvalue weighted by Gasteiger charge is 2.11. The molecule has 0 radical (unpaired) electrons. The average Bonchev–Trinajstić information content (AvgIpc) is 2.11. The molecule has 0 aliphatic carbocycles. The first kappa shape index (κ1) is 8.76. The van der Waals surface area contributed by atoms with Gasteiger partial charge in [-0.25, -0.2) is 0 Å². The van der Waals surface area contributed by atoms with E-state index in [1.807, 2.05) is 0 Å². The summed E-state index contributed by atoms with van der Waals surface area (Å²) in [5, 5.41) is 0. The Morgan fingerprint density at radius 3 is 2.46 bits per heavy atom. The summed E-state index contributed by atoms with van der Waals surface area (Å²) < 4.78 is 0. The fourth-order valence-corrected chi connectivity index (χ4v) is 1.76. The van der Waals surface area contributed by atoms with Crippen molar-refractivity contribution in [3.63, 3.8) is 0 Å². The summed E-state index contributed by atoms with van der Waals surface area (Å²) in [5.74, 6) is 0. The highest BCUT2D eigenvalue weighted by Crippen LogP contribution is 2.08. The lowest BCUT2D eigenvalue weighted by molar-refractivity contribution is 0.179. The van der Waals surface area contributed by atoms with E-state index in [4.69, 9.17) is 0 Å². The molecule has 1 aromatic rings. The van der Waals surface area contributed by atoms with Crippen molar-refractivity contribution in [2.24, 2.45) is 0 Å². The number of rotatable bonds is 4. The van der Waals surface area contributed by atoms with E-state index in [-0.39, 0.29) is 0 Å². The topological polar surface area (TPSA) is 3.24 Å². The van der Waals surface area contributed by atoms with Crippen LogP contribution < -0.4 is 0 Å². The van der Waals surface area contributed by atoms with E-state index in [2.05, 4.69) is 35.2 Å². The minimum absolute atomic E-state index is 1.23. The number of benzene rings is 1. The molecule has 0 saturated carbocycles. The van der Waals surface area contributed by atoms with Crippen molar-refractivity contribution < 1.29 is 0 Å². The molecule has 0 amide bonds. The van der Waals surface area contributed by atoms with Gasteiger partial charge in [0.2, 0.25) is 0 Å². The standard InChI is InChI=1S/C12H17N/c1-2-6-12(7-3-1)8-4-9-13-10-5-11-13/h1-3,6-7H,4-5,8-11H2. The van der Waals surface area contributed by atoms with Gasteiger partial charge in [-0.3, -0.25) is 0 Å². The smallest absolute Gasteiger partial charge is 0.000654 e. The van der Waals surface area contributed by atoms with Crippen LogP contribution in [0.1, 0.15) is 18.4 Å². The van der Waals surface area contributed by atoms with E-state index in [0.29, 0.717) is 0 Å². The fraction of sp³-hybridized carbons (Fsp3) is 0.500. The maximum absolute atomic E-state index is 2.53. The van der Waals surface area contributed by atoms with E-state index >= 15 is 0 Å². The Hall–Kier alpha value is -0.820. The highest BCUT2D eigenvalue weighted by molar-refractivity contribution is 5.14. The van der Waals surface area contributed by atoms with Crippen molar-refractivity contribution in [2.75, 3.05) is 19.6 Å². The van der Waals surface area contributed by atoms with Gasteiger partial charge in [0.05, 0.1) is 0 Å². The predicted octanol–water partition coefficient (Wildman–Crippen LogP) is 2.32. The second-order valence-corrected chi connectivity index (χ2v) is 3.78. The van der Waals surface area contributed by atoms with Gasteiger partial charge in [-0.05, 0) is 44.5 Å². The van der Waals surface area contributed by atoms with Gasteiger partial charge in [-0.1, -0.05) is 30.3 Å². The fourth-order valence-electron chi connectivity index (χ4n) is 1.76. The molecule has 0 atom stereocenters. The maximum Gasteiger partial charge on any atom is -0.000654 e. The Kier molecular flexibility index (Phi) is 2.98. The monoisotopic (exact) mass is 175 g/mol. The summed E-state index contributed by atoms with van der Waals surface area (Å²) >= 11 is 0. The third-order valence-electron chi connectivity index (χ3n) is 2.73. The quantitative estimate of drug-likeness (QED) is 0.679. The third kappa shape index (κ3) is 2.56. The normalized spacial score (nSPS) is 16.9. The van der Waals surface area contributed by atoms with Gasteiger partial charge in [0.1, 0.15) is 0 Å². The van der Waals surface area contributed by atoms with Crippen LogP contribution >= 0.6 is 0 Å². The Balaban J connectivity index is 1.67. The van der Waals surface area contributed by atoms with Gasteiger partial charge in [0.15, 0.2) is 0 Å². The van der Waals surface area contributed by atoms with Crippen LogP contribution in [0.5, 0.6) is 0 Å². The Morgan fingerprint density at radius 2 is 1.85 bits per heavy atom. The van der Waals surface area contributed by atoms with Gasteiger partial charge >= 0.3 is 0 Å². The van der Waals surface area contributed by atoms with Gasteiger partial charge < -0.3 is 4.90 Å². The zero-order valence-electron chi connectivity index (χ0n) is 8.08. The molecule has 1 heteroatoms. The molecule has 0 bridgehead atoms. The molecule has 0 N–H and O–H groups in total. The SMILES string of the molecule is c1ccc(CCCN2CCC2)cc1. The molecule has 2 rings (SSSR count). The number of hydrogen-bond donors (Lipinski definition) is 0. The molecule has 13 heavy (non-hydrogen) atoms. The molecule has 1 aliphatic heterocycles. The lowest BCUT2D eigenvalue weighted by Gasteiger charge is -2.30. The number of nitrogens with zero attached hydrogens (tertiary/aromatic N) is 1. The second-order valence-electron chi connectivity index (χ2n) is 3.78. The van der Waals surface area contributed by atoms with E-state index in [1.165, 1.54) is 44.5 Å². The van der Waals surface area contributed by atoms with Crippen LogP contribution in [0.3, 0.4) is 0 Å². The van der Waals surface area contributed by atoms with Crippen LogP contribution in [0.2, 0.25) is 0 Å². The minimum Gasteiger partial charge on any atom is -0.303 e. The van der Waals surface area contributed by atoms with Crippen molar-refractivity contribution in [2.45, 2.75) is 19.3 Å². The van der Waals surface area contributed by atoms with Crippen molar-refractivity contribution in [3.05, 3.63) is 35.9 Å². The molecule has 1 fully saturated rings. The molecule has 1 saturated heterocycles. The van der Waals surface area contributed by atoms with Crippen LogP contribution in [0.25, 0.3) is 0 Å².